The molecule has 2 heteroatoms. The molecular formula is C5H10NO-. The summed E-state index contributed by atoms with van der Waals surface area (Å²) in [5.41, 5.74) is 0. The second kappa shape index (κ2) is 1.80. The van der Waals surface area contributed by atoms with Gasteiger partial charge in [-0.3, -0.25) is 7.05 Å². The zero-order chi connectivity index (χ0) is 5.28. The van der Waals surface area contributed by atoms with Crippen LogP contribution in [0, 0.1) is 7.05 Å². The van der Waals surface area contributed by atoms with Crippen LogP contribution in [0.3, 0.4) is 0 Å². The van der Waals surface area contributed by atoms with E-state index < -0.39 is 0 Å². The zero-order valence-corrected chi connectivity index (χ0v) is 4.30. The van der Waals surface area contributed by atoms with Crippen LogP contribution >= 0.6 is 0 Å². The molecule has 1 N–H and O–H groups in total. The molecule has 1 heterocycles. The van der Waals surface area contributed by atoms with Crippen LogP contribution in [0.5, 0.6) is 0 Å². The molecule has 0 aliphatic carbocycles. The van der Waals surface area contributed by atoms with Crippen molar-refractivity contribution in [2.24, 2.45) is 0 Å². The number of aliphatic hydroxyl groups is 1. The molecule has 0 unspecified atom stereocenters. The lowest BCUT2D eigenvalue weighted by Crippen LogP contribution is -2.13. The van der Waals surface area contributed by atoms with Crippen molar-refractivity contribution >= 4 is 0 Å². The van der Waals surface area contributed by atoms with E-state index in [0.29, 0.717) is 0 Å². The highest BCUT2D eigenvalue weighted by atomic mass is 16.3. The summed E-state index contributed by atoms with van der Waals surface area (Å²) in [6, 6.07) is 0. The Bertz CT molecular complexity index is 57.1. The molecule has 0 aromatic carbocycles. The summed E-state index contributed by atoms with van der Waals surface area (Å²) in [7, 11) is 3.66. The smallest absolute Gasteiger partial charge is 0.0654 e. The Hall–Kier alpha value is -0.0800. The van der Waals surface area contributed by atoms with Crippen LogP contribution in [-0.4, -0.2) is 29.2 Å². The van der Waals surface area contributed by atoms with E-state index in [1.165, 1.54) is 0 Å². The molecule has 1 aliphatic rings. The number of nitrogens with zero attached hydrogens (tertiary/aromatic N) is 1. The van der Waals surface area contributed by atoms with Crippen molar-refractivity contribution < 1.29 is 5.11 Å². The highest BCUT2D eigenvalue weighted by Crippen LogP contribution is 2.05. The van der Waals surface area contributed by atoms with Gasteiger partial charge in [-0.1, -0.05) is 0 Å². The molecule has 0 saturated carbocycles. The van der Waals surface area contributed by atoms with Crippen LogP contribution < -0.4 is 0 Å². The van der Waals surface area contributed by atoms with E-state index in [0.717, 1.165) is 19.5 Å². The summed E-state index contributed by atoms with van der Waals surface area (Å²) < 4.78 is 0. The number of hydrogen-bond donors (Lipinski definition) is 1. The molecule has 7 heavy (non-hydrogen) atoms. The molecule has 0 aromatic heterocycles. The molecule has 1 rings (SSSR count). The predicted molar refractivity (Wildman–Crippen MR) is 27.6 cm³/mol. The van der Waals surface area contributed by atoms with Gasteiger partial charge in [0.1, 0.15) is 0 Å². The Kier molecular flexibility index (Phi) is 1.30. The topological polar surface area (TPSA) is 23.5 Å². The standard InChI is InChI=1S/C5H10NO/c1-6-3-2-5(7)4-6/h5,7H,1-4H2/q-1/t5-/m1/s1. The number of rotatable bonds is 0. The summed E-state index contributed by atoms with van der Waals surface area (Å²) in [6.45, 7) is 1.70. The Labute approximate surface area is 43.7 Å². The van der Waals surface area contributed by atoms with Crippen LogP contribution in [0.1, 0.15) is 6.42 Å². The zero-order valence-electron chi connectivity index (χ0n) is 4.30. The number of β-amino-alcohol motifs (C(OH)–C–C–N with tert-alkyl or cyclic N) is 1. The average Bonchev–Trinajstić information content (AvgIpc) is 1.87. The number of likely N-dealkylation sites (tertiary alicyclic amines) is 1. The van der Waals surface area contributed by atoms with Crippen LogP contribution in [-0.2, 0) is 0 Å². The van der Waals surface area contributed by atoms with Crippen molar-refractivity contribution in [3.8, 4) is 0 Å². The summed E-state index contributed by atoms with van der Waals surface area (Å²) in [6.07, 6.45) is 0.779. The van der Waals surface area contributed by atoms with E-state index in [4.69, 9.17) is 5.11 Å². The summed E-state index contributed by atoms with van der Waals surface area (Å²) in [5.74, 6) is 0. The van der Waals surface area contributed by atoms with Gasteiger partial charge in [0.15, 0.2) is 0 Å². The quantitative estimate of drug-likeness (QED) is 0.428. The highest BCUT2D eigenvalue weighted by Gasteiger charge is 2.10. The minimum absolute atomic E-state index is 0.113. The van der Waals surface area contributed by atoms with Crippen molar-refractivity contribution in [3.63, 3.8) is 0 Å². The van der Waals surface area contributed by atoms with Crippen molar-refractivity contribution in [3.05, 3.63) is 7.05 Å². The van der Waals surface area contributed by atoms with E-state index in [1.54, 1.807) is 0 Å². The SMILES string of the molecule is [CH2-]N1CC[C@@H](O)C1. The maximum absolute atomic E-state index is 8.82. The molecule has 0 spiro atoms. The van der Waals surface area contributed by atoms with E-state index >= 15 is 0 Å². The molecule has 0 amide bonds. The molecule has 1 atom stereocenters. The van der Waals surface area contributed by atoms with Crippen molar-refractivity contribution in [2.75, 3.05) is 13.1 Å². The van der Waals surface area contributed by atoms with E-state index in [2.05, 4.69) is 7.05 Å². The first-order valence-corrected chi connectivity index (χ1v) is 2.52. The van der Waals surface area contributed by atoms with Gasteiger partial charge in [0.05, 0.1) is 6.10 Å². The molecule has 0 aromatic rings. The third kappa shape index (κ3) is 1.14. The highest BCUT2D eigenvalue weighted by molar-refractivity contribution is 4.72. The first-order valence-electron chi connectivity index (χ1n) is 2.52. The molecule has 0 bridgehead atoms. The second-order valence-electron chi connectivity index (χ2n) is 2.02. The van der Waals surface area contributed by atoms with Gasteiger partial charge in [-0.05, 0) is 19.5 Å². The van der Waals surface area contributed by atoms with Gasteiger partial charge < -0.3 is 10.0 Å². The fourth-order valence-corrected chi connectivity index (χ4v) is 0.812. The second-order valence-corrected chi connectivity index (χ2v) is 2.02. The largest absolute Gasteiger partial charge is 0.457 e. The van der Waals surface area contributed by atoms with Gasteiger partial charge >= 0.3 is 0 Å². The first kappa shape index (κ1) is 5.06. The van der Waals surface area contributed by atoms with Gasteiger partial charge in [0, 0.05) is 0 Å². The van der Waals surface area contributed by atoms with Crippen molar-refractivity contribution in [1.29, 1.82) is 0 Å². The average molecular weight is 100 g/mol. The molecule has 2 nitrogen and oxygen atoms in total. The number of aliphatic hydroxyl groups excluding tert-OH is 1. The molecule has 1 fully saturated rings. The van der Waals surface area contributed by atoms with Gasteiger partial charge in [-0.25, -0.2) is 0 Å². The molecule has 0 radical (unpaired) electrons. The fourth-order valence-electron chi connectivity index (χ4n) is 0.812. The van der Waals surface area contributed by atoms with Gasteiger partial charge in [0.2, 0.25) is 0 Å². The predicted octanol–water partition coefficient (Wildman–Crippen LogP) is -0.155. The Morgan fingerprint density at radius 1 is 1.71 bits per heavy atom. The van der Waals surface area contributed by atoms with Crippen LogP contribution in [0.25, 0.3) is 0 Å². The van der Waals surface area contributed by atoms with Crippen molar-refractivity contribution in [1.82, 2.24) is 4.90 Å². The van der Waals surface area contributed by atoms with E-state index in [1.807, 2.05) is 4.90 Å². The maximum Gasteiger partial charge on any atom is 0.0654 e. The minimum atomic E-state index is -0.113. The fraction of sp³-hybridized carbons (Fsp3) is 0.800. The monoisotopic (exact) mass is 100 g/mol. The first-order chi connectivity index (χ1) is 3.29. The molecule has 1 saturated heterocycles. The summed E-state index contributed by atoms with van der Waals surface area (Å²) >= 11 is 0. The van der Waals surface area contributed by atoms with Gasteiger partial charge in [0.25, 0.3) is 0 Å². The van der Waals surface area contributed by atoms with E-state index in [-0.39, 0.29) is 6.10 Å². The lowest BCUT2D eigenvalue weighted by atomic mass is 10.3. The minimum Gasteiger partial charge on any atom is -0.457 e. The molecule has 42 valence electrons. The van der Waals surface area contributed by atoms with Crippen LogP contribution in [0.15, 0.2) is 0 Å². The summed E-state index contributed by atoms with van der Waals surface area (Å²) in [4.78, 5) is 1.88. The third-order valence-electron chi connectivity index (χ3n) is 1.25. The van der Waals surface area contributed by atoms with Crippen LogP contribution in [0.2, 0.25) is 0 Å². The third-order valence-corrected chi connectivity index (χ3v) is 1.25. The Morgan fingerprint density at radius 3 is 2.57 bits per heavy atom. The van der Waals surface area contributed by atoms with Gasteiger partial charge in [-0.15, -0.1) is 0 Å². The van der Waals surface area contributed by atoms with Gasteiger partial charge in [-0.2, -0.15) is 0 Å². The maximum atomic E-state index is 8.82. The molecule has 1 aliphatic heterocycles. The van der Waals surface area contributed by atoms with Crippen LogP contribution in [0.4, 0.5) is 0 Å². The normalized spacial score (nSPS) is 34.3. The number of hydrogen-bond acceptors (Lipinski definition) is 2. The lowest BCUT2D eigenvalue weighted by molar-refractivity contribution is 0.185. The van der Waals surface area contributed by atoms with Crippen molar-refractivity contribution in [2.45, 2.75) is 12.5 Å². The van der Waals surface area contributed by atoms with E-state index in [9.17, 15) is 0 Å². The Balaban J connectivity index is 2.26. The lowest BCUT2D eigenvalue weighted by Gasteiger charge is -2.13. The summed E-state index contributed by atoms with van der Waals surface area (Å²) in [5, 5.41) is 8.82. The molecular weight excluding hydrogens is 90.1 g/mol. The Morgan fingerprint density at radius 2 is 2.43 bits per heavy atom.